The van der Waals surface area contributed by atoms with Gasteiger partial charge in [0.05, 0.1) is 6.54 Å². The number of aromatic nitrogens is 1. The molecule has 1 aromatic heterocycles. The van der Waals surface area contributed by atoms with Gasteiger partial charge in [0.25, 0.3) is 0 Å². The van der Waals surface area contributed by atoms with E-state index in [-0.39, 0.29) is 12.0 Å². The molecule has 142 valence electrons. The predicted molar refractivity (Wildman–Crippen MR) is 104 cm³/mol. The Morgan fingerprint density at radius 2 is 1.89 bits per heavy atom. The molecule has 1 fully saturated rings. The van der Waals surface area contributed by atoms with Crippen molar-refractivity contribution < 1.29 is 9.53 Å². The van der Waals surface area contributed by atoms with Crippen molar-refractivity contribution in [3.63, 3.8) is 0 Å². The van der Waals surface area contributed by atoms with Crippen LogP contribution in [0.15, 0.2) is 48.8 Å². The van der Waals surface area contributed by atoms with Crippen molar-refractivity contribution in [2.24, 2.45) is 5.92 Å². The minimum absolute atomic E-state index is 0.0700. The van der Waals surface area contributed by atoms with E-state index in [0.717, 1.165) is 43.8 Å². The lowest BCUT2D eigenvalue weighted by molar-refractivity contribution is -0.130. The molecule has 27 heavy (non-hydrogen) atoms. The molecule has 2 aromatic rings. The van der Waals surface area contributed by atoms with Gasteiger partial charge in [0.15, 0.2) is 0 Å². The number of para-hydroxylation sites is 1. The number of amides is 1. The zero-order valence-electron chi connectivity index (χ0n) is 15.9. The summed E-state index contributed by atoms with van der Waals surface area (Å²) in [7, 11) is 0. The average molecular weight is 365 g/mol. The molecule has 2 aliphatic heterocycles. The van der Waals surface area contributed by atoms with Crippen LogP contribution in [0.2, 0.25) is 0 Å². The number of hydrogen-bond donors (Lipinski definition) is 0. The summed E-state index contributed by atoms with van der Waals surface area (Å²) >= 11 is 0. The van der Waals surface area contributed by atoms with Crippen LogP contribution in [0.3, 0.4) is 0 Å². The maximum atomic E-state index is 12.1. The first kappa shape index (κ1) is 18.0. The van der Waals surface area contributed by atoms with E-state index in [9.17, 15) is 4.79 Å². The van der Waals surface area contributed by atoms with Crippen molar-refractivity contribution in [1.29, 1.82) is 0 Å². The smallest absolute Gasteiger partial charge is 0.219 e. The summed E-state index contributed by atoms with van der Waals surface area (Å²) in [6.07, 6.45) is 5.98. The van der Waals surface area contributed by atoms with Crippen LogP contribution in [-0.2, 0) is 17.9 Å². The predicted octanol–water partition coefficient (Wildman–Crippen LogP) is 3.10. The van der Waals surface area contributed by atoms with Crippen LogP contribution in [-0.4, -0.2) is 46.4 Å². The Morgan fingerprint density at radius 3 is 2.63 bits per heavy atom. The van der Waals surface area contributed by atoms with Crippen molar-refractivity contribution in [2.75, 3.05) is 19.6 Å². The van der Waals surface area contributed by atoms with Crippen molar-refractivity contribution in [3.8, 4) is 5.75 Å². The number of ether oxygens (including phenoxy) is 1. The molecule has 3 heterocycles. The highest BCUT2D eigenvalue weighted by molar-refractivity contribution is 5.73. The molecule has 1 aromatic carbocycles. The summed E-state index contributed by atoms with van der Waals surface area (Å²) < 4.78 is 6.41. The van der Waals surface area contributed by atoms with Crippen molar-refractivity contribution in [2.45, 2.75) is 39.0 Å². The summed E-state index contributed by atoms with van der Waals surface area (Å²) in [4.78, 5) is 20.6. The summed E-state index contributed by atoms with van der Waals surface area (Å²) in [5.74, 6) is 1.53. The van der Waals surface area contributed by atoms with Crippen LogP contribution in [0.5, 0.6) is 5.75 Å². The zero-order valence-corrected chi connectivity index (χ0v) is 15.9. The molecule has 5 heteroatoms. The first-order valence-corrected chi connectivity index (χ1v) is 9.80. The van der Waals surface area contributed by atoms with Gasteiger partial charge in [-0.3, -0.25) is 14.7 Å². The van der Waals surface area contributed by atoms with Crippen LogP contribution in [0.1, 0.15) is 30.9 Å². The van der Waals surface area contributed by atoms with E-state index in [1.54, 1.807) is 6.92 Å². The number of rotatable bonds is 3. The standard InChI is InChI=1S/C22H27N3O2/c1-17(26)25-15-20-4-2-3-5-21(20)27-22(16-25)19-8-12-24(13-9-19)14-18-6-10-23-11-7-18/h2-7,10-11,19,22H,8-9,12-16H2,1H3/t22-/m1/s1. The second-order valence-corrected chi connectivity index (χ2v) is 7.63. The fourth-order valence-corrected chi connectivity index (χ4v) is 4.15. The number of pyridine rings is 1. The number of fused-ring (bicyclic) bond motifs is 1. The van der Waals surface area contributed by atoms with Crippen LogP contribution < -0.4 is 4.74 Å². The van der Waals surface area contributed by atoms with E-state index in [1.165, 1.54) is 5.56 Å². The van der Waals surface area contributed by atoms with Crippen LogP contribution in [0.25, 0.3) is 0 Å². The molecule has 0 unspecified atom stereocenters. The molecule has 4 rings (SSSR count). The molecule has 0 N–H and O–H groups in total. The Hall–Kier alpha value is -2.40. The maximum Gasteiger partial charge on any atom is 0.219 e. The van der Waals surface area contributed by atoms with Gasteiger partial charge in [-0.05, 0) is 49.7 Å². The molecule has 1 amide bonds. The molecule has 2 aliphatic rings. The Bertz CT molecular complexity index is 772. The number of likely N-dealkylation sites (tertiary alicyclic amines) is 1. The highest BCUT2D eigenvalue weighted by Crippen LogP contribution is 2.31. The minimum Gasteiger partial charge on any atom is -0.488 e. The summed E-state index contributed by atoms with van der Waals surface area (Å²) in [6, 6.07) is 12.3. The van der Waals surface area contributed by atoms with Gasteiger partial charge in [0.2, 0.25) is 5.91 Å². The summed E-state index contributed by atoms with van der Waals surface area (Å²) in [5, 5.41) is 0. The Morgan fingerprint density at radius 1 is 1.15 bits per heavy atom. The Balaban J connectivity index is 1.41. The molecule has 0 spiro atoms. The van der Waals surface area contributed by atoms with Gasteiger partial charge in [-0.1, -0.05) is 18.2 Å². The quantitative estimate of drug-likeness (QED) is 0.838. The third-order valence-corrected chi connectivity index (χ3v) is 5.77. The number of nitrogens with zero attached hydrogens (tertiary/aromatic N) is 3. The normalized spacial score (nSPS) is 21.2. The first-order chi connectivity index (χ1) is 13.2. The fourth-order valence-electron chi connectivity index (χ4n) is 4.15. The SMILES string of the molecule is CC(=O)N1Cc2ccccc2O[C@@H](C2CCN(Cc3ccncc3)CC2)C1. The second-order valence-electron chi connectivity index (χ2n) is 7.63. The molecule has 0 bridgehead atoms. The van der Waals surface area contributed by atoms with E-state index in [0.29, 0.717) is 19.0 Å². The van der Waals surface area contributed by atoms with E-state index in [1.807, 2.05) is 35.5 Å². The molecule has 1 saturated heterocycles. The van der Waals surface area contributed by atoms with Crippen LogP contribution >= 0.6 is 0 Å². The third kappa shape index (κ3) is 4.30. The second kappa shape index (κ2) is 8.09. The van der Waals surface area contributed by atoms with Gasteiger partial charge >= 0.3 is 0 Å². The Labute approximate surface area is 161 Å². The fraction of sp³-hybridized carbons (Fsp3) is 0.455. The summed E-state index contributed by atoms with van der Waals surface area (Å²) in [6.45, 7) is 6.08. The molecule has 5 nitrogen and oxygen atoms in total. The van der Waals surface area contributed by atoms with E-state index in [2.05, 4.69) is 28.1 Å². The number of benzene rings is 1. The lowest BCUT2D eigenvalue weighted by Crippen LogP contribution is -2.44. The lowest BCUT2D eigenvalue weighted by atomic mass is 9.90. The first-order valence-electron chi connectivity index (χ1n) is 9.80. The highest BCUT2D eigenvalue weighted by Gasteiger charge is 2.32. The van der Waals surface area contributed by atoms with Gasteiger partial charge in [0.1, 0.15) is 11.9 Å². The largest absolute Gasteiger partial charge is 0.488 e. The highest BCUT2D eigenvalue weighted by atomic mass is 16.5. The average Bonchev–Trinajstić information content (AvgIpc) is 2.89. The van der Waals surface area contributed by atoms with Gasteiger partial charge in [0, 0.05) is 43.9 Å². The number of carbonyl (C=O) groups excluding carboxylic acids is 1. The summed E-state index contributed by atoms with van der Waals surface area (Å²) in [5.41, 5.74) is 2.41. The topological polar surface area (TPSA) is 45.7 Å². The lowest BCUT2D eigenvalue weighted by Gasteiger charge is -2.36. The molecule has 0 saturated carbocycles. The number of piperidine rings is 1. The molecule has 0 aliphatic carbocycles. The van der Waals surface area contributed by atoms with E-state index >= 15 is 0 Å². The zero-order chi connectivity index (χ0) is 18.6. The van der Waals surface area contributed by atoms with Gasteiger partial charge in [-0.25, -0.2) is 0 Å². The van der Waals surface area contributed by atoms with E-state index in [4.69, 9.17) is 4.74 Å². The van der Waals surface area contributed by atoms with Gasteiger partial charge in [-0.2, -0.15) is 0 Å². The third-order valence-electron chi connectivity index (χ3n) is 5.77. The van der Waals surface area contributed by atoms with Gasteiger partial charge in [-0.15, -0.1) is 0 Å². The van der Waals surface area contributed by atoms with Crippen molar-refractivity contribution in [1.82, 2.24) is 14.8 Å². The molecule has 0 radical (unpaired) electrons. The molecular formula is C22H27N3O2. The van der Waals surface area contributed by atoms with Crippen molar-refractivity contribution in [3.05, 3.63) is 59.9 Å². The van der Waals surface area contributed by atoms with Crippen LogP contribution in [0, 0.1) is 5.92 Å². The van der Waals surface area contributed by atoms with Gasteiger partial charge < -0.3 is 9.64 Å². The molecule has 1 atom stereocenters. The monoisotopic (exact) mass is 365 g/mol. The maximum absolute atomic E-state index is 12.1. The number of hydrogen-bond acceptors (Lipinski definition) is 4. The van der Waals surface area contributed by atoms with Crippen LogP contribution in [0.4, 0.5) is 0 Å². The molecular weight excluding hydrogens is 338 g/mol. The van der Waals surface area contributed by atoms with Crippen molar-refractivity contribution >= 4 is 5.91 Å². The van der Waals surface area contributed by atoms with E-state index < -0.39 is 0 Å². The Kier molecular flexibility index (Phi) is 5.39. The minimum atomic E-state index is 0.0700. The number of carbonyl (C=O) groups is 1.